The van der Waals surface area contributed by atoms with Gasteiger partial charge >= 0.3 is 5.97 Å². The van der Waals surface area contributed by atoms with Crippen molar-refractivity contribution in [2.24, 2.45) is 0 Å². The van der Waals surface area contributed by atoms with Crippen LogP contribution in [-0.2, 0) is 16.1 Å². The summed E-state index contributed by atoms with van der Waals surface area (Å²) in [5.74, 6) is -1.03. The average molecular weight is 207 g/mol. The predicted molar refractivity (Wildman–Crippen MR) is 52.9 cm³/mol. The highest BCUT2D eigenvalue weighted by atomic mass is 16.5. The molecule has 5 nitrogen and oxygen atoms in total. The van der Waals surface area contributed by atoms with Crippen molar-refractivity contribution >= 4 is 5.97 Å². The monoisotopic (exact) mass is 207 g/mol. The fraction of sp³-hybridized carbons (Fsp3) is 0.500. The molecule has 15 heavy (non-hydrogen) atoms. The zero-order valence-electron chi connectivity index (χ0n) is 8.80. The minimum Gasteiger partial charge on any atom is -0.465 e. The molecule has 5 heteroatoms. The van der Waals surface area contributed by atoms with E-state index in [0.717, 1.165) is 0 Å². The van der Waals surface area contributed by atoms with Gasteiger partial charge in [-0.05, 0) is 13.8 Å². The fourth-order valence-corrected chi connectivity index (χ4v) is 1.29. The van der Waals surface area contributed by atoms with E-state index < -0.39 is 11.9 Å². The molecule has 1 rings (SSSR count). The number of ether oxygens (including phenoxy) is 1. The van der Waals surface area contributed by atoms with E-state index >= 15 is 0 Å². The van der Waals surface area contributed by atoms with Crippen molar-refractivity contribution in [3.05, 3.63) is 18.2 Å². The van der Waals surface area contributed by atoms with Gasteiger partial charge in [0, 0.05) is 18.9 Å². The molecule has 1 unspecified atom stereocenters. The lowest BCUT2D eigenvalue weighted by molar-refractivity contribution is -0.143. The van der Waals surface area contributed by atoms with Gasteiger partial charge in [0.15, 0.2) is 0 Å². The van der Waals surface area contributed by atoms with E-state index in [0.29, 0.717) is 12.4 Å². The Morgan fingerprint density at radius 1 is 1.73 bits per heavy atom. The van der Waals surface area contributed by atoms with E-state index in [9.17, 15) is 4.79 Å². The van der Waals surface area contributed by atoms with E-state index in [-0.39, 0.29) is 6.61 Å². The van der Waals surface area contributed by atoms with Crippen molar-refractivity contribution in [3.63, 3.8) is 0 Å². The minimum atomic E-state index is -0.931. The maximum atomic E-state index is 11.4. The Labute approximate surface area is 88.3 Å². The Morgan fingerprint density at radius 3 is 3.00 bits per heavy atom. The van der Waals surface area contributed by atoms with Crippen LogP contribution in [0.3, 0.4) is 0 Å². The molecule has 0 radical (unpaired) electrons. The standard InChI is InChI=1S/C10H13N3O2/c1-3-13-6-5-12-9(13)8(7-11)10(14)15-4-2/h5-6,8H,3-4H2,1-2H3. The summed E-state index contributed by atoms with van der Waals surface area (Å²) in [6.45, 7) is 4.57. The number of nitrogens with zero attached hydrogens (tertiary/aromatic N) is 3. The van der Waals surface area contributed by atoms with Gasteiger partial charge in [0.2, 0.25) is 5.92 Å². The predicted octanol–water partition coefficient (Wildman–Crippen LogP) is 1.07. The molecule has 0 aliphatic carbocycles. The number of hydrogen-bond donors (Lipinski definition) is 0. The van der Waals surface area contributed by atoms with Gasteiger partial charge in [-0.3, -0.25) is 4.79 Å². The van der Waals surface area contributed by atoms with Crippen molar-refractivity contribution in [2.45, 2.75) is 26.3 Å². The lowest BCUT2D eigenvalue weighted by Crippen LogP contribution is -2.18. The van der Waals surface area contributed by atoms with Gasteiger partial charge in [-0.15, -0.1) is 0 Å². The number of carbonyl (C=O) groups excluding carboxylic acids is 1. The van der Waals surface area contributed by atoms with Crippen LogP contribution >= 0.6 is 0 Å². The van der Waals surface area contributed by atoms with Crippen LogP contribution in [0.2, 0.25) is 0 Å². The Hall–Kier alpha value is -1.83. The average Bonchev–Trinajstić information content (AvgIpc) is 2.67. The highest BCUT2D eigenvalue weighted by Crippen LogP contribution is 2.14. The zero-order chi connectivity index (χ0) is 11.3. The number of rotatable bonds is 4. The molecule has 0 saturated carbocycles. The van der Waals surface area contributed by atoms with E-state index in [1.807, 2.05) is 13.0 Å². The van der Waals surface area contributed by atoms with Crippen molar-refractivity contribution < 1.29 is 9.53 Å². The lowest BCUT2D eigenvalue weighted by Gasteiger charge is -2.09. The van der Waals surface area contributed by atoms with Crippen LogP contribution in [0, 0.1) is 11.3 Å². The Morgan fingerprint density at radius 2 is 2.47 bits per heavy atom. The van der Waals surface area contributed by atoms with Gasteiger partial charge in [0.1, 0.15) is 5.82 Å². The zero-order valence-corrected chi connectivity index (χ0v) is 8.80. The Kier molecular flexibility index (Phi) is 3.86. The van der Waals surface area contributed by atoms with Crippen LogP contribution in [0.5, 0.6) is 0 Å². The first-order valence-electron chi connectivity index (χ1n) is 4.81. The van der Waals surface area contributed by atoms with Crippen molar-refractivity contribution in [1.29, 1.82) is 5.26 Å². The number of hydrogen-bond acceptors (Lipinski definition) is 4. The molecule has 0 fully saturated rings. The minimum absolute atomic E-state index is 0.268. The molecule has 1 aromatic rings. The van der Waals surface area contributed by atoms with E-state index in [2.05, 4.69) is 4.98 Å². The molecule has 80 valence electrons. The first-order valence-corrected chi connectivity index (χ1v) is 4.81. The molecular weight excluding hydrogens is 194 g/mol. The maximum absolute atomic E-state index is 11.4. The molecule has 0 aliphatic heterocycles. The summed E-state index contributed by atoms with van der Waals surface area (Å²) in [6, 6.07) is 1.91. The molecule has 0 saturated heterocycles. The molecule has 0 spiro atoms. The van der Waals surface area contributed by atoms with E-state index in [1.165, 1.54) is 0 Å². The summed E-state index contributed by atoms with van der Waals surface area (Å²) in [7, 11) is 0. The highest BCUT2D eigenvalue weighted by molar-refractivity contribution is 5.80. The Bertz CT molecular complexity index is 378. The second-order valence-corrected chi connectivity index (χ2v) is 2.89. The van der Waals surface area contributed by atoms with Crippen molar-refractivity contribution in [3.8, 4) is 6.07 Å². The number of nitriles is 1. The molecule has 0 aromatic carbocycles. The first kappa shape index (κ1) is 11.2. The molecule has 0 N–H and O–H groups in total. The molecule has 1 aromatic heterocycles. The fourth-order valence-electron chi connectivity index (χ4n) is 1.29. The third-order valence-corrected chi connectivity index (χ3v) is 2.00. The SMILES string of the molecule is CCOC(=O)C(C#N)c1nccn1CC. The summed E-state index contributed by atoms with van der Waals surface area (Å²) >= 11 is 0. The van der Waals surface area contributed by atoms with Crippen LogP contribution in [0.25, 0.3) is 0 Å². The first-order chi connectivity index (χ1) is 7.24. The molecule has 1 heterocycles. The number of esters is 1. The quantitative estimate of drug-likeness (QED) is 0.692. The highest BCUT2D eigenvalue weighted by Gasteiger charge is 2.25. The number of aryl methyl sites for hydroxylation is 1. The third-order valence-electron chi connectivity index (χ3n) is 2.00. The number of aromatic nitrogens is 2. The van der Waals surface area contributed by atoms with Gasteiger partial charge in [-0.25, -0.2) is 4.98 Å². The molecular formula is C10H13N3O2. The topological polar surface area (TPSA) is 67.9 Å². The summed E-state index contributed by atoms with van der Waals surface area (Å²) in [5.41, 5.74) is 0. The Balaban J connectivity index is 2.93. The summed E-state index contributed by atoms with van der Waals surface area (Å²) in [4.78, 5) is 15.4. The molecule has 0 bridgehead atoms. The molecule has 1 atom stereocenters. The summed E-state index contributed by atoms with van der Waals surface area (Å²) in [5, 5.41) is 8.91. The number of carbonyl (C=O) groups is 1. The third kappa shape index (κ3) is 2.34. The van der Waals surface area contributed by atoms with Crippen LogP contribution in [0.1, 0.15) is 25.6 Å². The van der Waals surface area contributed by atoms with Crippen LogP contribution < -0.4 is 0 Å². The van der Waals surface area contributed by atoms with Gasteiger partial charge < -0.3 is 9.30 Å². The smallest absolute Gasteiger partial charge is 0.331 e. The second-order valence-electron chi connectivity index (χ2n) is 2.89. The van der Waals surface area contributed by atoms with Gasteiger partial charge in [0.05, 0.1) is 12.7 Å². The van der Waals surface area contributed by atoms with Crippen molar-refractivity contribution in [2.75, 3.05) is 6.61 Å². The normalized spacial score (nSPS) is 11.8. The lowest BCUT2D eigenvalue weighted by atomic mass is 10.1. The van der Waals surface area contributed by atoms with Crippen LogP contribution in [-0.4, -0.2) is 22.1 Å². The summed E-state index contributed by atoms with van der Waals surface area (Å²) in [6.07, 6.45) is 3.31. The largest absolute Gasteiger partial charge is 0.465 e. The maximum Gasteiger partial charge on any atom is 0.331 e. The van der Waals surface area contributed by atoms with Gasteiger partial charge in [0.25, 0.3) is 0 Å². The second kappa shape index (κ2) is 5.15. The van der Waals surface area contributed by atoms with Gasteiger partial charge in [-0.2, -0.15) is 5.26 Å². The van der Waals surface area contributed by atoms with E-state index in [4.69, 9.17) is 10.00 Å². The molecule has 0 aliphatic rings. The van der Waals surface area contributed by atoms with Crippen LogP contribution in [0.15, 0.2) is 12.4 Å². The molecule has 0 amide bonds. The number of imidazole rings is 1. The van der Waals surface area contributed by atoms with Gasteiger partial charge in [-0.1, -0.05) is 0 Å². The van der Waals surface area contributed by atoms with Crippen molar-refractivity contribution in [1.82, 2.24) is 9.55 Å². The van der Waals surface area contributed by atoms with Crippen LogP contribution in [0.4, 0.5) is 0 Å². The summed E-state index contributed by atoms with van der Waals surface area (Å²) < 4.78 is 6.56. The van der Waals surface area contributed by atoms with E-state index in [1.54, 1.807) is 23.9 Å².